The summed E-state index contributed by atoms with van der Waals surface area (Å²) in [5, 5.41) is 9.05. The molecule has 1 atom stereocenters. The Labute approximate surface area is 197 Å². The van der Waals surface area contributed by atoms with Crippen molar-refractivity contribution in [3.8, 4) is 0 Å². The van der Waals surface area contributed by atoms with Gasteiger partial charge in [-0.2, -0.15) is 0 Å². The highest BCUT2D eigenvalue weighted by Crippen LogP contribution is 2.31. The molecular weight excluding hydrogens is 412 g/mol. The number of carbonyl (C=O) groups is 2. The van der Waals surface area contributed by atoms with E-state index in [1.165, 1.54) is 10.8 Å². The predicted molar refractivity (Wildman–Crippen MR) is 133 cm³/mol. The molecule has 0 aromatic heterocycles. The number of benzene rings is 2. The maximum absolute atomic E-state index is 13.3. The van der Waals surface area contributed by atoms with Crippen molar-refractivity contribution >= 4 is 22.6 Å². The highest BCUT2D eigenvalue weighted by molar-refractivity contribution is 5.89. The lowest BCUT2D eigenvalue weighted by Gasteiger charge is -2.49. The average molecular weight is 451 g/mol. The number of amides is 2. The number of piperidine rings is 1. The van der Waals surface area contributed by atoms with Gasteiger partial charge in [0.1, 0.15) is 0 Å². The highest BCUT2D eigenvalue weighted by atomic mass is 16.2. The van der Waals surface area contributed by atoms with E-state index < -0.39 is 6.04 Å². The number of carbonyl (C=O) groups excluding carboxylic acids is 2. The summed E-state index contributed by atoms with van der Waals surface area (Å²) >= 11 is 0. The summed E-state index contributed by atoms with van der Waals surface area (Å²) in [7, 11) is 1.90. The van der Waals surface area contributed by atoms with Gasteiger partial charge >= 0.3 is 0 Å². The molecule has 2 aromatic rings. The number of fused-ring (bicyclic) bond motifs is 1. The van der Waals surface area contributed by atoms with Gasteiger partial charge in [-0.25, -0.2) is 0 Å². The maximum Gasteiger partial charge on any atom is 0.237 e. The van der Waals surface area contributed by atoms with Crippen LogP contribution >= 0.6 is 0 Å². The van der Waals surface area contributed by atoms with Crippen molar-refractivity contribution in [2.45, 2.75) is 76.7 Å². The molecule has 4 rings (SSSR count). The van der Waals surface area contributed by atoms with Gasteiger partial charge in [-0.05, 0) is 62.9 Å². The SMILES string of the molecule is CN(C(=O)C[C@@H]1C(=O)NCCN1Cc1ccc2ccccc2c1)C1CC(C)(C)NC(C)(C)C1. The molecule has 0 spiro atoms. The zero-order valence-corrected chi connectivity index (χ0v) is 20.6. The number of hydrogen-bond acceptors (Lipinski definition) is 4. The first-order valence-corrected chi connectivity index (χ1v) is 12.1. The summed E-state index contributed by atoms with van der Waals surface area (Å²) in [5.74, 6) is -0.00572. The zero-order chi connectivity index (χ0) is 23.8. The lowest BCUT2D eigenvalue weighted by Crippen LogP contribution is -2.63. The number of piperazine rings is 1. The van der Waals surface area contributed by atoms with E-state index in [1.807, 2.05) is 24.1 Å². The van der Waals surface area contributed by atoms with Crippen molar-refractivity contribution in [1.29, 1.82) is 0 Å². The Morgan fingerprint density at radius 3 is 2.42 bits per heavy atom. The zero-order valence-electron chi connectivity index (χ0n) is 20.6. The van der Waals surface area contributed by atoms with Gasteiger partial charge in [0.15, 0.2) is 0 Å². The molecule has 178 valence electrons. The molecule has 0 radical (unpaired) electrons. The topological polar surface area (TPSA) is 64.7 Å². The minimum absolute atomic E-state index is 0.0364. The largest absolute Gasteiger partial charge is 0.353 e. The third kappa shape index (κ3) is 5.56. The summed E-state index contributed by atoms with van der Waals surface area (Å²) in [5.41, 5.74) is 1.09. The van der Waals surface area contributed by atoms with Gasteiger partial charge in [0.2, 0.25) is 11.8 Å². The lowest BCUT2D eigenvalue weighted by atomic mass is 9.79. The summed E-state index contributed by atoms with van der Waals surface area (Å²) in [6, 6.07) is 14.5. The highest BCUT2D eigenvalue weighted by Gasteiger charge is 2.41. The van der Waals surface area contributed by atoms with E-state index in [0.29, 0.717) is 13.1 Å². The molecule has 2 aliphatic rings. The fraction of sp³-hybridized carbons (Fsp3) is 0.556. The first kappa shape index (κ1) is 23.7. The first-order valence-electron chi connectivity index (χ1n) is 12.1. The molecule has 2 N–H and O–H groups in total. The Bertz CT molecular complexity index is 1020. The Morgan fingerprint density at radius 1 is 1.06 bits per heavy atom. The summed E-state index contributed by atoms with van der Waals surface area (Å²) in [6.45, 7) is 10.8. The van der Waals surface area contributed by atoms with Gasteiger partial charge in [-0.3, -0.25) is 14.5 Å². The van der Waals surface area contributed by atoms with Crippen LogP contribution in [0.15, 0.2) is 42.5 Å². The van der Waals surface area contributed by atoms with E-state index in [0.717, 1.165) is 24.9 Å². The number of nitrogens with zero attached hydrogens (tertiary/aromatic N) is 2. The van der Waals surface area contributed by atoms with E-state index in [1.54, 1.807) is 0 Å². The second kappa shape index (κ2) is 9.07. The predicted octanol–water partition coefficient (Wildman–Crippen LogP) is 3.30. The fourth-order valence-electron chi connectivity index (χ4n) is 5.80. The number of hydrogen-bond donors (Lipinski definition) is 2. The van der Waals surface area contributed by atoms with E-state index in [2.05, 4.69) is 73.6 Å². The van der Waals surface area contributed by atoms with Crippen LogP contribution in [0.3, 0.4) is 0 Å². The van der Waals surface area contributed by atoms with Crippen molar-refractivity contribution in [3.05, 3.63) is 48.0 Å². The third-order valence-corrected chi connectivity index (χ3v) is 7.12. The average Bonchev–Trinajstić information content (AvgIpc) is 2.73. The molecule has 6 heteroatoms. The standard InChI is InChI=1S/C27H38N4O2/c1-26(2)16-22(17-27(3,4)29-26)30(5)24(32)15-23-25(33)28-12-13-31(23)18-19-10-11-20-8-6-7-9-21(20)14-19/h6-11,14,22-23,29H,12-13,15-18H2,1-5H3,(H,28,33)/t23-/m1/s1. The van der Waals surface area contributed by atoms with Gasteiger partial charge in [-0.1, -0.05) is 36.4 Å². The van der Waals surface area contributed by atoms with Crippen LogP contribution in [0.1, 0.15) is 52.5 Å². The Hall–Kier alpha value is -2.44. The minimum Gasteiger partial charge on any atom is -0.353 e. The van der Waals surface area contributed by atoms with Crippen LogP contribution < -0.4 is 10.6 Å². The van der Waals surface area contributed by atoms with Crippen LogP contribution in [0.2, 0.25) is 0 Å². The van der Waals surface area contributed by atoms with Gasteiger partial charge in [-0.15, -0.1) is 0 Å². The van der Waals surface area contributed by atoms with Crippen molar-refractivity contribution in [1.82, 2.24) is 20.4 Å². The second-order valence-electron chi connectivity index (χ2n) is 11.1. The van der Waals surface area contributed by atoms with Crippen molar-refractivity contribution < 1.29 is 9.59 Å². The molecule has 2 fully saturated rings. The molecule has 2 aromatic carbocycles. The molecule has 2 heterocycles. The van der Waals surface area contributed by atoms with Crippen LogP contribution in [0.4, 0.5) is 0 Å². The van der Waals surface area contributed by atoms with Crippen LogP contribution in [0.5, 0.6) is 0 Å². The summed E-state index contributed by atoms with van der Waals surface area (Å²) in [4.78, 5) is 30.2. The van der Waals surface area contributed by atoms with Gasteiger partial charge in [0.25, 0.3) is 0 Å². The van der Waals surface area contributed by atoms with E-state index in [-0.39, 0.29) is 35.4 Å². The maximum atomic E-state index is 13.3. The van der Waals surface area contributed by atoms with Crippen molar-refractivity contribution in [3.63, 3.8) is 0 Å². The molecule has 2 saturated heterocycles. The molecule has 0 bridgehead atoms. The quantitative estimate of drug-likeness (QED) is 0.734. The van der Waals surface area contributed by atoms with Gasteiger partial charge in [0.05, 0.1) is 12.5 Å². The molecule has 2 amide bonds. The van der Waals surface area contributed by atoms with Crippen molar-refractivity contribution in [2.24, 2.45) is 0 Å². The number of rotatable bonds is 5. The molecule has 0 saturated carbocycles. The molecule has 2 aliphatic heterocycles. The summed E-state index contributed by atoms with van der Waals surface area (Å²) in [6.07, 6.45) is 2.01. The Morgan fingerprint density at radius 2 is 1.73 bits per heavy atom. The minimum atomic E-state index is -0.442. The van der Waals surface area contributed by atoms with Crippen LogP contribution in [-0.4, -0.2) is 64.9 Å². The smallest absolute Gasteiger partial charge is 0.237 e. The molecule has 33 heavy (non-hydrogen) atoms. The lowest BCUT2D eigenvalue weighted by molar-refractivity contribution is -0.140. The first-order chi connectivity index (χ1) is 15.5. The normalized spacial score (nSPS) is 23.3. The van der Waals surface area contributed by atoms with E-state index in [9.17, 15) is 9.59 Å². The van der Waals surface area contributed by atoms with E-state index >= 15 is 0 Å². The monoisotopic (exact) mass is 450 g/mol. The fourth-order valence-corrected chi connectivity index (χ4v) is 5.80. The molecule has 6 nitrogen and oxygen atoms in total. The Balaban J connectivity index is 1.47. The van der Waals surface area contributed by atoms with Crippen molar-refractivity contribution in [2.75, 3.05) is 20.1 Å². The molecular formula is C27H38N4O2. The number of nitrogens with one attached hydrogen (secondary N) is 2. The molecule has 0 unspecified atom stereocenters. The van der Waals surface area contributed by atoms with Crippen LogP contribution in [0, 0.1) is 0 Å². The van der Waals surface area contributed by atoms with E-state index in [4.69, 9.17) is 0 Å². The third-order valence-electron chi connectivity index (χ3n) is 7.12. The van der Waals surface area contributed by atoms with Crippen LogP contribution in [-0.2, 0) is 16.1 Å². The second-order valence-corrected chi connectivity index (χ2v) is 11.1. The molecule has 0 aliphatic carbocycles. The van der Waals surface area contributed by atoms with Gasteiger partial charge in [0, 0.05) is 43.8 Å². The van der Waals surface area contributed by atoms with Crippen LogP contribution in [0.25, 0.3) is 10.8 Å². The Kier molecular flexibility index (Phi) is 6.52. The van der Waals surface area contributed by atoms with Gasteiger partial charge < -0.3 is 15.5 Å². The summed E-state index contributed by atoms with van der Waals surface area (Å²) < 4.78 is 0.